The van der Waals surface area contributed by atoms with Gasteiger partial charge in [0.15, 0.2) is 0 Å². The molecule has 0 amide bonds. The maximum Gasteiger partial charge on any atom is 0.0708 e. The molecule has 0 saturated carbocycles. The quantitative estimate of drug-likeness (QED) is 0.811. The minimum atomic E-state index is 0.101. The number of hydrogen-bond donors (Lipinski definition) is 2. The van der Waals surface area contributed by atoms with E-state index in [9.17, 15) is 0 Å². The SMILES string of the molecule is OCCc1cc(CCO)c2ccccc2n1. The molecule has 2 N–H and O–H groups in total. The molecule has 84 valence electrons. The number of benzene rings is 1. The molecule has 16 heavy (non-hydrogen) atoms. The van der Waals surface area contributed by atoms with E-state index in [2.05, 4.69) is 4.98 Å². The summed E-state index contributed by atoms with van der Waals surface area (Å²) < 4.78 is 0. The van der Waals surface area contributed by atoms with Crippen molar-refractivity contribution >= 4 is 10.9 Å². The summed E-state index contributed by atoms with van der Waals surface area (Å²) >= 11 is 0. The third kappa shape index (κ3) is 2.21. The van der Waals surface area contributed by atoms with Crippen LogP contribution in [0.25, 0.3) is 10.9 Å². The van der Waals surface area contributed by atoms with Crippen LogP contribution in [0.15, 0.2) is 30.3 Å². The lowest BCUT2D eigenvalue weighted by atomic mass is 10.0. The highest BCUT2D eigenvalue weighted by atomic mass is 16.3. The van der Waals surface area contributed by atoms with Crippen molar-refractivity contribution in [2.75, 3.05) is 13.2 Å². The highest BCUT2D eigenvalue weighted by Gasteiger charge is 2.04. The molecule has 0 spiro atoms. The molecule has 0 aliphatic heterocycles. The molecule has 3 heteroatoms. The van der Waals surface area contributed by atoms with Crippen molar-refractivity contribution in [2.24, 2.45) is 0 Å². The monoisotopic (exact) mass is 217 g/mol. The third-order valence-corrected chi connectivity index (χ3v) is 2.60. The van der Waals surface area contributed by atoms with Gasteiger partial charge in [-0.05, 0) is 24.1 Å². The first-order valence-corrected chi connectivity index (χ1v) is 5.44. The lowest BCUT2D eigenvalue weighted by Gasteiger charge is -2.07. The van der Waals surface area contributed by atoms with Crippen molar-refractivity contribution in [3.63, 3.8) is 0 Å². The fourth-order valence-electron chi connectivity index (χ4n) is 1.88. The smallest absolute Gasteiger partial charge is 0.0708 e. The predicted molar refractivity (Wildman–Crippen MR) is 63.3 cm³/mol. The Bertz CT molecular complexity index is 482. The number of rotatable bonds is 4. The van der Waals surface area contributed by atoms with Gasteiger partial charge in [0, 0.05) is 30.7 Å². The van der Waals surface area contributed by atoms with E-state index in [0.29, 0.717) is 12.8 Å². The van der Waals surface area contributed by atoms with Gasteiger partial charge in [0.25, 0.3) is 0 Å². The third-order valence-electron chi connectivity index (χ3n) is 2.60. The Morgan fingerprint density at radius 2 is 1.75 bits per heavy atom. The number of para-hydroxylation sites is 1. The summed E-state index contributed by atoms with van der Waals surface area (Å²) in [6.45, 7) is 0.233. The molecule has 1 aromatic heterocycles. The van der Waals surface area contributed by atoms with Gasteiger partial charge in [-0.2, -0.15) is 0 Å². The van der Waals surface area contributed by atoms with Crippen LogP contribution in [0.5, 0.6) is 0 Å². The lowest BCUT2D eigenvalue weighted by Crippen LogP contribution is -2.00. The molecule has 0 atom stereocenters. The number of aliphatic hydroxyl groups excluding tert-OH is 2. The van der Waals surface area contributed by atoms with E-state index >= 15 is 0 Å². The van der Waals surface area contributed by atoms with Crippen molar-refractivity contribution in [1.29, 1.82) is 0 Å². The molecule has 0 aliphatic rings. The van der Waals surface area contributed by atoms with Gasteiger partial charge in [0.1, 0.15) is 0 Å². The number of nitrogens with zero attached hydrogens (tertiary/aromatic N) is 1. The van der Waals surface area contributed by atoms with Crippen LogP contribution in [-0.2, 0) is 12.8 Å². The lowest BCUT2D eigenvalue weighted by molar-refractivity contribution is 0.297. The molecule has 1 aromatic carbocycles. The molecule has 1 heterocycles. The normalized spacial score (nSPS) is 10.9. The van der Waals surface area contributed by atoms with Gasteiger partial charge < -0.3 is 10.2 Å². The minimum Gasteiger partial charge on any atom is -0.396 e. The second-order valence-electron chi connectivity index (χ2n) is 3.74. The molecule has 0 fully saturated rings. The van der Waals surface area contributed by atoms with E-state index in [1.54, 1.807) is 0 Å². The number of pyridine rings is 1. The Labute approximate surface area is 94.4 Å². The van der Waals surface area contributed by atoms with Gasteiger partial charge in [0.05, 0.1) is 5.52 Å². The predicted octanol–water partition coefficient (Wildman–Crippen LogP) is 1.30. The van der Waals surface area contributed by atoms with Crippen molar-refractivity contribution < 1.29 is 10.2 Å². The van der Waals surface area contributed by atoms with Gasteiger partial charge in [-0.15, -0.1) is 0 Å². The highest BCUT2D eigenvalue weighted by Crippen LogP contribution is 2.18. The van der Waals surface area contributed by atoms with Crippen LogP contribution in [0.2, 0.25) is 0 Å². The number of aliphatic hydroxyl groups is 2. The first-order chi connectivity index (χ1) is 7.85. The van der Waals surface area contributed by atoms with E-state index in [0.717, 1.165) is 22.2 Å². The summed E-state index contributed by atoms with van der Waals surface area (Å²) in [6, 6.07) is 9.85. The van der Waals surface area contributed by atoms with Crippen molar-refractivity contribution in [3.8, 4) is 0 Å². The maximum atomic E-state index is 9.03. The molecule has 2 rings (SSSR count). The van der Waals surface area contributed by atoms with Crippen molar-refractivity contribution in [2.45, 2.75) is 12.8 Å². The molecule has 0 saturated heterocycles. The van der Waals surface area contributed by atoms with Gasteiger partial charge in [-0.1, -0.05) is 18.2 Å². The second-order valence-corrected chi connectivity index (χ2v) is 3.74. The zero-order valence-corrected chi connectivity index (χ0v) is 9.06. The average molecular weight is 217 g/mol. The molecule has 0 aliphatic carbocycles. The Hall–Kier alpha value is -1.45. The molecule has 0 unspecified atom stereocenters. The van der Waals surface area contributed by atoms with Gasteiger partial charge in [-0.3, -0.25) is 4.98 Å². The highest BCUT2D eigenvalue weighted by molar-refractivity contribution is 5.82. The zero-order valence-electron chi connectivity index (χ0n) is 9.06. The maximum absolute atomic E-state index is 9.03. The van der Waals surface area contributed by atoms with E-state index in [4.69, 9.17) is 10.2 Å². The fraction of sp³-hybridized carbons (Fsp3) is 0.308. The van der Waals surface area contributed by atoms with Crippen LogP contribution in [-0.4, -0.2) is 28.4 Å². The van der Waals surface area contributed by atoms with Crippen LogP contribution < -0.4 is 0 Å². The molecule has 0 radical (unpaired) electrons. The Morgan fingerprint density at radius 1 is 1.00 bits per heavy atom. The standard InChI is InChI=1S/C13H15NO2/c15-7-5-10-9-11(6-8-16)14-13-4-2-1-3-12(10)13/h1-4,9,15-16H,5-8H2. The van der Waals surface area contributed by atoms with E-state index in [1.807, 2.05) is 30.3 Å². The van der Waals surface area contributed by atoms with Crippen LogP contribution in [0, 0.1) is 0 Å². The molecular weight excluding hydrogens is 202 g/mol. The first-order valence-electron chi connectivity index (χ1n) is 5.44. The number of aromatic nitrogens is 1. The van der Waals surface area contributed by atoms with Gasteiger partial charge in [-0.25, -0.2) is 0 Å². The van der Waals surface area contributed by atoms with Crippen molar-refractivity contribution in [3.05, 3.63) is 41.6 Å². The minimum absolute atomic E-state index is 0.101. The van der Waals surface area contributed by atoms with E-state index in [-0.39, 0.29) is 13.2 Å². The van der Waals surface area contributed by atoms with Crippen LogP contribution in [0.4, 0.5) is 0 Å². The summed E-state index contributed by atoms with van der Waals surface area (Å²) in [7, 11) is 0. The number of fused-ring (bicyclic) bond motifs is 1. The Kier molecular flexibility index (Phi) is 3.49. The summed E-state index contributed by atoms with van der Waals surface area (Å²) in [6.07, 6.45) is 1.19. The van der Waals surface area contributed by atoms with Gasteiger partial charge in [0.2, 0.25) is 0 Å². The molecular formula is C13H15NO2. The van der Waals surface area contributed by atoms with Crippen LogP contribution in [0.3, 0.4) is 0 Å². The first kappa shape index (κ1) is 11.0. The van der Waals surface area contributed by atoms with E-state index < -0.39 is 0 Å². The fourth-order valence-corrected chi connectivity index (χ4v) is 1.88. The Morgan fingerprint density at radius 3 is 2.50 bits per heavy atom. The summed E-state index contributed by atoms with van der Waals surface area (Å²) in [5, 5.41) is 19.0. The van der Waals surface area contributed by atoms with Gasteiger partial charge >= 0.3 is 0 Å². The Balaban J connectivity index is 2.54. The van der Waals surface area contributed by atoms with Crippen LogP contribution in [0.1, 0.15) is 11.3 Å². The summed E-state index contributed by atoms with van der Waals surface area (Å²) in [5.41, 5.74) is 2.90. The van der Waals surface area contributed by atoms with Crippen molar-refractivity contribution in [1.82, 2.24) is 4.98 Å². The topological polar surface area (TPSA) is 53.4 Å². The second kappa shape index (κ2) is 5.05. The molecule has 2 aromatic rings. The summed E-state index contributed by atoms with van der Waals surface area (Å²) in [5.74, 6) is 0. The van der Waals surface area contributed by atoms with E-state index in [1.165, 1.54) is 0 Å². The zero-order chi connectivity index (χ0) is 11.4. The molecule has 0 bridgehead atoms. The largest absolute Gasteiger partial charge is 0.396 e. The van der Waals surface area contributed by atoms with Crippen LogP contribution >= 0.6 is 0 Å². The molecule has 3 nitrogen and oxygen atoms in total. The number of hydrogen-bond acceptors (Lipinski definition) is 3. The summed E-state index contributed by atoms with van der Waals surface area (Å²) in [4.78, 5) is 4.47. The average Bonchev–Trinajstić information content (AvgIpc) is 2.30.